The Kier molecular flexibility index (Phi) is 3.48. The number of amides is 1. The highest BCUT2D eigenvalue weighted by Crippen LogP contribution is 2.24. The lowest BCUT2D eigenvalue weighted by Crippen LogP contribution is -2.41. The standard InChI is InChI=1S/C14H15BrN4O/c1-10(19-9-8-18-7-6-16-14(18)19)13(20)17-12-5-3-2-4-11(12)15/h2-7,10H,8-9H2,1H3,(H,17,20). The fourth-order valence-corrected chi connectivity index (χ4v) is 2.74. The highest BCUT2D eigenvalue weighted by Gasteiger charge is 2.28. The number of aromatic nitrogens is 2. The van der Waals surface area contributed by atoms with Crippen molar-refractivity contribution in [1.29, 1.82) is 0 Å². The van der Waals surface area contributed by atoms with E-state index in [0.717, 1.165) is 29.2 Å². The summed E-state index contributed by atoms with van der Waals surface area (Å²) in [5.74, 6) is 0.827. The van der Waals surface area contributed by atoms with Crippen molar-refractivity contribution in [3.05, 3.63) is 41.1 Å². The summed E-state index contributed by atoms with van der Waals surface area (Å²) in [6, 6.07) is 7.34. The molecule has 2 aromatic rings. The quantitative estimate of drug-likeness (QED) is 0.938. The number of para-hydroxylation sites is 1. The van der Waals surface area contributed by atoms with E-state index in [1.807, 2.05) is 42.3 Å². The fraction of sp³-hybridized carbons (Fsp3) is 0.286. The van der Waals surface area contributed by atoms with Crippen molar-refractivity contribution in [3.63, 3.8) is 0 Å². The molecule has 2 heterocycles. The second-order valence-corrected chi connectivity index (χ2v) is 5.61. The second kappa shape index (κ2) is 5.28. The molecule has 0 bridgehead atoms. The van der Waals surface area contributed by atoms with Crippen LogP contribution in [0, 0.1) is 0 Å². The van der Waals surface area contributed by atoms with Gasteiger partial charge in [-0.1, -0.05) is 12.1 Å². The summed E-state index contributed by atoms with van der Waals surface area (Å²) in [5.41, 5.74) is 0.784. The number of halogens is 1. The van der Waals surface area contributed by atoms with Gasteiger partial charge < -0.3 is 14.8 Å². The molecule has 1 aromatic carbocycles. The van der Waals surface area contributed by atoms with Crippen LogP contribution in [0.5, 0.6) is 0 Å². The molecule has 0 saturated carbocycles. The third-order valence-electron chi connectivity index (χ3n) is 3.51. The molecule has 1 aliphatic rings. The molecule has 20 heavy (non-hydrogen) atoms. The third kappa shape index (κ3) is 2.31. The van der Waals surface area contributed by atoms with Gasteiger partial charge in [0.2, 0.25) is 11.9 Å². The normalized spacial score (nSPS) is 15.0. The highest BCUT2D eigenvalue weighted by atomic mass is 79.9. The van der Waals surface area contributed by atoms with Crippen molar-refractivity contribution in [2.24, 2.45) is 0 Å². The zero-order chi connectivity index (χ0) is 14.1. The number of hydrogen-bond donors (Lipinski definition) is 1. The lowest BCUT2D eigenvalue weighted by Gasteiger charge is -2.23. The van der Waals surface area contributed by atoms with Crippen LogP contribution in [0.1, 0.15) is 6.92 Å². The van der Waals surface area contributed by atoms with Crippen molar-refractivity contribution in [2.75, 3.05) is 16.8 Å². The number of nitrogens with zero attached hydrogens (tertiary/aromatic N) is 3. The Morgan fingerprint density at radius 2 is 2.20 bits per heavy atom. The molecule has 104 valence electrons. The molecule has 1 unspecified atom stereocenters. The maximum atomic E-state index is 12.4. The summed E-state index contributed by atoms with van der Waals surface area (Å²) in [4.78, 5) is 18.7. The van der Waals surface area contributed by atoms with Gasteiger partial charge in [-0.3, -0.25) is 4.79 Å². The van der Waals surface area contributed by atoms with Gasteiger partial charge in [0, 0.05) is 30.0 Å². The first-order valence-corrected chi connectivity index (χ1v) is 7.29. The topological polar surface area (TPSA) is 50.2 Å². The predicted molar refractivity (Wildman–Crippen MR) is 81.8 cm³/mol. The fourth-order valence-electron chi connectivity index (χ4n) is 2.36. The maximum Gasteiger partial charge on any atom is 0.246 e. The predicted octanol–water partition coefficient (Wildman–Crippen LogP) is 2.49. The number of carbonyl (C=O) groups excluding carboxylic acids is 1. The number of imidazole rings is 1. The number of hydrogen-bond acceptors (Lipinski definition) is 3. The molecule has 3 rings (SSSR count). The molecule has 0 fully saturated rings. The minimum absolute atomic E-state index is 0.0339. The van der Waals surface area contributed by atoms with E-state index >= 15 is 0 Å². The molecule has 0 radical (unpaired) electrons. The Labute approximate surface area is 125 Å². The Balaban J connectivity index is 1.74. The molecule has 6 heteroatoms. The number of fused-ring (bicyclic) bond motifs is 1. The van der Waals surface area contributed by atoms with Crippen LogP contribution < -0.4 is 10.2 Å². The number of benzene rings is 1. The first-order chi connectivity index (χ1) is 9.66. The molecular weight excluding hydrogens is 320 g/mol. The van der Waals surface area contributed by atoms with Gasteiger partial charge in [0.05, 0.1) is 5.69 Å². The van der Waals surface area contributed by atoms with Crippen LogP contribution in [-0.2, 0) is 11.3 Å². The van der Waals surface area contributed by atoms with E-state index in [-0.39, 0.29) is 11.9 Å². The molecule has 0 aliphatic carbocycles. The highest BCUT2D eigenvalue weighted by molar-refractivity contribution is 9.10. The molecule has 0 saturated heterocycles. The van der Waals surface area contributed by atoms with Crippen LogP contribution in [0.2, 0.25) is 0 Å². The monoisotopic (exact) mass is 334 g/mol. The number of nitrogens with one attached hydrogen (secondary N) is 1. The average molecular weight is 335 g/mol. The molecule has 1 atom stereocenters. The van der Waals surface area contributed by atoms with Gasteiger partial charge >= 0.3 is 0 Å². The molecule has 0 spiro atoms. The summed E-state index contributed by atoms with van der Waals surface area (Å²) in [6.45, 7) is 3.59. The van der Waals surface area contributed by atoms with E-state index < -0.39 is 0 Å². The average Bonchev–Trinajstić information content (AvgIpc) is 3.03. The van der Waals surface area contributed by atoms with Gasteiger partial charge in [-0.25, -0.2) is 4.98 Å². The minimum Gasteiger partial charge on any atom is -0.329 e. The first-order valence-electron chi connectivity index (χ1n) is 6.50. The third-order valence-corrected chi connectivity index (χ3v) is 4.20. The van der Waals surface area contributed by atoms with Crippen molar-refractivity contribution in [1.82, 2.24) is 9.55 Å². The number of anilines is 2. The maximum absolute atomic E-state index is 12.4. The lowest BCUT2D eigenvalue weighted by molar-refractivity contribution is -0.117. The lowest BCUT2D eigenvalue weighted by atomic mass is 10.2. The van der Waals surface area contributed by atoms with Crippen LogP contribution in [-0.4, -0.2) is 28.0 Å². The van der Waals surface area contributed by atoms with Crippen molar-refractivity contribution in [2.45, 2.75) is 19.5 Å². The van der Waals surface area contributed by atoms with E-state index in [1.54, 1.807) is 6.20 Å². The largest absolute Gasteiger partial charge is 0.329 e. The Morgan fingerprint density at radius 1 is 1.40 bits per heavy atom. The van der Waals surface area contributed by atoms with Crippen molar-refractivity contribution < 1.29 is 4.79 Å². The van der Waals surface area contributed by atoms with Gasteiger partial charge in [-0.2, -0.15) is 0 Å². The van der Waals surface area contributed by atoms with Gasteiger partial charge in [-0.05, 0) is 35.0 Å². The van der Waals surface area contributed by atoms with E-state index in [0.29, 0.717) is 0 Å². The van der Waals surface area contributed by atoms with Crippen molar-refractivity contribution in [3.8, 4) is 0 Å². The second-order valence-electron chi connectivity index (χ2n) is 4.76. The summed E-state index contributed by atoms with van der Waals surface area (Å²) >= 11 is 3.43. The van der Waals surface area contributed by atoms with E-state index in [2.05, 4.69) is 30.8 Å². The molecule has 1 N–H and O–H groups in total. The number of carbonyl (C=O) groups is 1. The van der Waals surface area contributed by atoms with Gasteiger partial charge in [0.15, 0.2) is 0 Å². The molecule has 1 amide bonds. The molecule has 1 aliphatic heterocycles. The Hall–Kier alpha value is -1.82. The number of rotatable bonds is 3. The minimum atomic E-state index is -0.259. The molecular formula is C14H15BrN4O. The zero-order valence-corrected chi connectivity index (χ0v) is 12.7. The van der Waals surface area contributed by atoms with Crippen LogP contribution in [0.15, 0.2) is 41.1 Å². The van der Waals surface area contributed by atoms with Crippen LogP contribution >= 0.6 is 15.9 Å². The summed E-state index contributed by atoms with van der Waals surface area (Å²) < 4.78 is 2.94. The molecule has 1 aromatic heterocycles. The summed E-state index contributed by atoms with van der Waals surface area (Å²) in [5, 5.41) is 2.95. The SMILES string of the molecule is CC(C(=O)Nc1ccccc1Br)N1CCn2ccnc21. The smallest absolute Gasteiger partial charge is 0.246 e. The van der Waals surface area contributed by atoms with Crippen molar-refractivity contribution >= 4 is 33.5 Å². The van der Waals surface area contributed by atoms with E-state index in [9.17, 15) is 4.79 Å². The summed E-state index contributed by atoms with van der Waals surface area (Å²) in [7, 11) is 0. The van der Waals surface area contributed by atoms with E-state index in [1.165, 1.54) is 0 Å². The van der Waals surface area contributed by atoms with Crippen LogP contribution in [0.3, 0.4) is 0 Å². The van der Waals surface area contributed by atoms with Gasteiger partial charge in [-0.15, -0.1) is 0 Å². The molecule has 5 nitrogen and oxygen atoms in total. The van der Waals surface area contributed by atoms with E-state index in [4.69, 9.17) is 0 Å². The first kappa shape index (κ1) is 13.2. The summed E-state index contributed by atoms with van der Waals surface area (Å²) in [6.07, 6.45) is 3.70. The van der Waals surface area contributed by atoms with Gasteiger partial charge in [0.1, 0.15) is 6.04 Å². The zero-order valence-electron chi connectivity index (χ0n) is 11.1. The van der Waals surface area contributed by atoms with Crippen LogP contribution in [0.25, 0.3) is 0 Å². The Bertz CT molecular complexity index is 640. The van der Waals surface area contributed by atoms with Crippen LogP contribution in [0.4, 0.5) is 11.6 Å². The van der Waals surface area contributed by atoms with Gasteiger partial charge in [0.25, 0.3) is 0 Å². The Morgan fingerprint density at radius 3 is 3.00 bits per heavy atom.